The van der Waals surface area contributed by atoms with Crippen molar-refractivity contribution in [2.45, 2.75) is 6.54 Å². The molecule has 0 aliphatic heterocycles. The van der Waals surface area contributed by atoms with Crippen molar-refractivity contribution in [3.05, 3.63) is 59.4 Å². The Hall–Kier alpha value is -2.90. The van der Waals surface area contributed by atoms with Gasteiger partial charge in [0.1, 0.15) is 0 Å². The Morgan fingerprint density at radius 3 is 2.19 bits per heavy atom. The molecule has 0 bridgehead atoms. The number of anilines is 2. The van der Waals surface area contributed by atoms with Gasteiger partial charge in [0.25, 0.3) is 0 Å². The van der Waals surface area contributed by atoms with E-state index in [1.54, 1.807) is 36.4 Å². The van der Waals surface area contributed by atoms with E-state index in [0.29, 0.717) is 34.7 Å². The number of carbonyl (C=O) groups excluding carboxylic acids is 1. The summed E-state index contributed by atoms with van der Waals surface area (Å²) in [6, 6.07) is 13.7. The number of aromatic nitrogens is 2. The van der Waals surface area contributed by atoms with Crippen LogP contribution in [-0.2, 0) is 6.54 Å². The lowest BCUT2D eigenvalue weighted by Gasteiger charge is -2.08. The van der Waals surface area contributed by atoms with Crippen LogP contribution in [0.3, 0.4) is 0 Å². The zero-order chi connectivity index (χ0) is 18.5. The first kappa shape index (κ1) is 17.9. The molecule has 0 fully saturated rings. The molecule has 2 amide bonds. The Kier molecular flexibility index (Phi) is 5.50. The Morgan fingerprint density at radius 1 is 1.04 bits per heavy atom. The molecule has 0 aliphatic carbocycles. The van der Waals surface area contributed by atoms with Crippen LogP contribution in [0.4, 0.5) is 16.2 Å². The van der Waals surface area contributed by atoms with E-state index in [9.17, 15) is 4.79 Å². The van der Waals surface area contributed by atoms with E-state index in [2.05, 4.69) is 20.8 Å². The highest BCUT2D eigenvalue weighted by Gasteiger charge is 2.10. The average Bonchev–Trinajstić information content (AvgIpc) is 3.05. The molecule has 26 heavy (non-hydrogen) atoms. The zero-order valence-electron chi connectivity index (χ0n) is 14.4. The normalized spacial score (nSPS) is 10.8. The molecule has 0 radical (unpaired) electrons. The first-order valence-electron chi connectivity index (χ1n) is 7.91. The smallest absolute Gasteiger partial charge is 0.323 e. The summed E-state index contributed by atoms with van der Waals surface area (Å²) in [6.07, 6.45) is 0. The Bertz CT molecular complexity index is 875. The van der Waals surface area contributed by atoms with Gasteiger partial charge in [-0.15, -0.1) is 0 Å². The minimum absolute atomic E-state index is 0.340. The first-order valence-corrected chi connectivity index (χ1v) is 8.29. The standard InChI is InChI=1S/C18H18ClN5O2/c1-24(2)11-16-22-17(23-26-16)12-3-7-14(8-4-12)20-18(25)21-15-9-5-13(19)6-10-15/h3-10H,11H2,1-2H3,(H2,20,21,25). The molecule has 0 unspecified atom stereocenters. The highest BCUT2D eigenvalue weighted by atomic mass is 35.5. The number of hydrogen-bond donors (Lipinski definition) is 2. The molecule has 1 aromatic heterocycles. The lowest BCUT2D eigenvalue weighted by molar-refractivity contribution is 0.262. The fourth-order valence-electron chi connectivity index (χ4n) is 2.24. The van der Waals surface area contributed by atoms with Crippen molar-refractivity contribution >= 4 is 29.0 Å². The van der Waals surface area contributed by atoms with Gasteiger partial charge in [0.15, 0.2) is 0 Å². The molecule has 7 nitrogen and oxygen atoms in total. The Morgan fingerprint density at radius 2 is 1.62 bits per heavy atom. The summed E-state index contributed by atoms with van der Waals surface area (Å²) in [5, 5.41) is 10.1. The molecule has 0 saturated carbocycles. The molecule has 0 saturated heterocycles. The third-order valence-electron chi connectivity index (χ3n) is 3.42. The zero-order valence-corrected chi connectivity index (χ0v) is 15.1. The van der Waals surface area contributed by atoms with Gasteiger partial charge in [-0.3, -0.25) is 0 Å². The van der Waals surface area contributed by atoms with Gasteiger partial charge in [0.05, 0.1) is 6.54 Å². The van der Waals surface area contributed by atoms with E-state index < -0.39 is 0 Å². The number of carbonyl (C=O) groups is 1. The van der Waals surface area contributed by atoms with Crippen LogP contribution in [0.15, 0.2) is 53.1 Å². The second-order valence-electron chi connectivity index (χ2n) is 5.91. The third kappa shape index (κ3) is 4.81. The molecular formula is C18H18ClN5O2. The predicted molar refractivity (Wildman–Crippen MR) is 101 cm³/mol. The summed E-state index contributed by atoms with van der Waals surface area (Å²) in [7, 11) is 3.86. The van der Waals surface area contributed by atoms with Gasteiger partial charge in [0, 0.05) is 22.0 Å². The third-order valence-corrected chi connectivity index (χ3v) is 3.67. The fraction of sp³-hybridized carbons (Fsp3) is 0.167. The van der Waals surface area contributed by atoms with E-state index in [4.69, 9.17) is 16.1 Å². The molecule has 2 N–H and O–H groups in total. The molecule has 3 aromatic rings. The molecule has 2 aromatic carbocycles. The van der Waals surface area contributed by atoms with E-state index in [0.717, 1.165) is 5.56 Å². The summed E-state index contributed by atoms with van der Waals surface area (Å²) in [5.41, 5.74) is 2.11. The maximum absolute atomic E-state index is 12.0. The van der Waals surface area contributed by atoms with Crippen molar-refractivity contribution in [2.75, 3.05) is 24.7 Å². The molecule has 8 heteroatoms. The van der Waals surface area contributed by atoms with Crippen molar-refractivity contribution in [1.29, 1.82) is 0 Å². The number of rotatable bonds is 5. The van der Waals surface area contributed by atoms with E-state index in [-0.39, 0.29) is 6.03 Å². The number of nitrogens with one attached hydrogen (secondary N) is 2. The maximum Gasteiger partial charge on any atom is 0.323 e. The van der Waals surface area contributed by atoms with Gasteiger partial charge in [-0.25, -0.2) is 4.79 Å². The minimum atomic E-state index is -0.340. The van der Waals surface area contributed by atoms with Crippen LogP contribution in [0.25, 0.3) is 11.4 Å². The van der Waals surface area contributed by atoms with Gasteiger partial charge in [0.2, 0.25) is 11.7 Å². The number of halogens is 1. The van der Waals surface area contributed by atoms with Gasteiger partial charge >= 0.3 is 6.03 Å². The number of amides is 2. The SMILES string of the molecule is CN(C)Cc1nc(-c2ccc(NC(=O)Nc3ccc(Cl)cc3)cc2)no1. The second-order valence-corrected chi connectivity index (χ2v) is 6.35. The van der Waals surface area contributed by atoms with Gasteiger partial charge in [-0.05, 0) is 62.6 Å². The Balaban J connectivity index is 1.61. The number of nitrogens with zero attached hydrogens (tertiary/aromatic N) is 3. The minimum Gasteiger partial charge on any atom is -0.338 e. The summed E-state index contributed by atoms with van der Waals surface area (Å²) < 4.78 is 5.21. The summed E-state index contributed by atoms with van der Waals surface area (Å²) in [6.45, 7) is 0.581. The van der Waals surface area contributed by atoms with Crippen LogP contribution < -0.4 is 10.6 Å². The number of hydrogen-bond acceptors (Lipinski definition) is 5. The molecular weight excluding hydrogens is 354 g/mol. The van der Waals surface area contributed by atoms with E-state index in [1.165, 1.54) is 0 Å². The molecule has 0 atom stereocenters. The largest absolute Gasteiger partial charge is 0.338 e. The van der Waals surface area contributed by atoms with Crippen LogP contribution in [0.1, 0.15) is 5.89 Å². The van der Waals surface area contributed by atoms with Gasteiger partial charge in [-0.1, -0.05) is 16.8 Å². The summed E-state index contributed by atoms with van der Waals surface area (Å²) >= 11 is 5.82. The van der Waals surface area contributed by atoms with E-state index >= 15 is 0 Å². The van der Waals surface area contributed by atoms with Crippen LogP contribution in [0, 0.1) is 0 Å². The van der Waals surface area contributed by atoms with Crippen molar-refractivity contribution in [1.82, 2.24) is 15.0 Å². The van der Waals surface area contributed by atoms with Crippen molar-refractivity contribution in [2.24, 2.45) is 0 Å². The second kappa shape index (κ2) is 7.99. The maximum atomic E-state index is 12.0. The Labute approximate surface area is 156 Å². The van der Waals surface area contributed by atoms with Crippen molar-refractivity contribution in [3.8, 4) is 11.4 Å². The summed E-state index contributed by atoms with van der Waals surface area (Å²) in [4.78, 5) is 18.3. The number of urea groups is 1. The van der Waals surface area contributed by atoms with E-state index in [1.807, 2.05) is 31.1 Å². The molecule has 1 heterocycles. The quantitative estimate of drug-likeness (QED) is 0.705. The van der Waals surface area contributed by atoms with Crippen LogP contribution in [0.2, 0.25) is 5.02 Å². The molecule has 0 spiro atoms. The molecule has 3 rings (SSSR count). The average molecular weight is 372 g/mol. The fourth-order valence-corrected chi connectivity index (χ4v) is 2.36. The lowest BCUT2D eigenvalue weighted by Crippen LogP contribution is -2.19. The van der Waals surface area contributed by atoms with Gasteiger partial charge < -0.3 is 20.1 Å². The van der Waals surface area contributed by atoms with Gasteiger partial charge in [-0.2, -0.15) is 4.98 Å². The summed E-state index contributed by atoms with van der Waals surface area (Å²) in [5.74, 6) is 1.06. The van der Waals surface area contributed by atoms with Crippen LogP contribution >= 0.6 is 11.6 Å². The highest BCUT2D eigenvalue weighted by molar-refractivity contribution is 6.30. The monoisotopic (exact) mass is 371 g/mol. The highest BCUT2D eigenvalue weighted by Crippen LogP contribution is 2.19. The van der Waals surface area contributed by atoms with Crippen molar-refractivity contribution in [3.63, 3.8) is 0 Å². The molecule has 134 valence electrons. The van der Waals surface area contributed by atoms with Crippen LogP contribution in [0.5, 0.6) is 0 Å². The lowest BCUT2D eigenvalue weighted by atomic mass is 10.2. The topological polar surface area (TPSA) is 83.3 Å². The molecule has 0 aliphatic rings. The van der Waals surface area contributed by atoms with Crippen LogP contribution in [-0.4, -0.2) is 35.2 Å². The predicted octanol–water partition coefficient (Wildman–Crippen LogP) is 4.10. The number of benzene rings is 2. The first-order chi connectivity index (χ1) is 12.5. The van der Waals surface area contributed by atoms with Crippen molar-refractivity contribution < 1.29 is 9.32 Å².